The average Bonchev–Trinajstić information content (AvgIpc) is 3.41. The summed E-state index contributed by atoms with van der Waals surface area (Å²) in [6.45, 7) is 3.61. The van der Waals surface area contributed by atoms with Crippen molar-refractivity contribution in [2.75, 3.05) is 25.0 Å². The fourth-order valence-electron chi connectivity index (χ4n) is 4.18. The number of nitrogens with zero attached hydrogens (tertiary/aromatic N) is 1. The third kappa shape index (κ3) is 6.77. The number of hydrogen-bond acceptors (Lipinski definition) is 5. The van der Waals surface area contributed by atoms with E-state index in [4.69, 9.17) is 0 Å². The number of amides is 3. The molecule has 3 N–H and O–H groups in total. The van der Waals surface area contributed by atoms with Crippen molar-refractivity contribution in [2.24, 2.45) is 0 Å². The van der Waals surface area contributed by atoms with Crippen LogP contribution >= 0.6 is 11.3 Å². The minimum atomic E-state index is -0.237. The van der Waals surface area contributed by atoms with Gasteiger partial charge in [-0.2, -0.15) is 11.3 Å². The Morgan fingerprint density at radius 1 is 0.971 bits per heavy atom. The molecule has 1 atom stereocenters. The van der Waals surface area contributed by atoms with E-state index in [1.54, 1.807) is 24.3 Å². The number of likely N-dealkylation sites (tertiary alicyclic amines) is 1. The maximum absolute atomic E-state index is 12.9. The van der Waals surface area contributed by atoms with E-state index in [1.807, 2.05) is 54.1 Å². The summed E-state index contributed by atoms with van der Waals surface area (Å²) in [6, 6.07) is 18.6. The fraction of sp³-hybridized carbons (Fsp3) is 0.296. The van der Waals surface area contributed by atoms with E-state index in [9.17, 15) is 14.4 Å². The lowest BCUT2D eigenvalue weighted by molar-refractivity contribution is -0.117. The van der Waals surface area contributed by atoms with Crippen molar-refractivity contribution in [3.8, 4) is 0 Å². The van der Waals surface area contributed by atoms with E-state index >= 15 is 0 Å². The molecule has 8 heteroatoms. The van der Waals surface area contributed by atoms with Crippen molar-refractivity contribution in [3.63, 3.8) is 0 Å². The van der Waals surface area contributed by atoms with Gasteiger partial charge in [-0.15, -0.1) is 0 Å². The number of benzene rings is 2. The van der Waals surface area contributed by atoms with E-state index in [1.165, 1.54) is 11.3 Å². The smallest absolute Gasteiger partial charge is 0.253 e. The second-order valence-corrected chi connectivity index (χ2v) is 9.52. The molecule has 1 aromatic heterocycles. The SMILES string of the molecule is CC(NC(=O)c1ccccc1NC(=O)CN1CCC(NC(=O)c2ccsc2)CC1)c1ccccc1. The summed E-state index contributed by atoms with van der Waals surface area (Å²) < 4.78 is 0. The average molecular weight is 491 g/mol. The van der Waals surface area contributed by atoms with Crippen molar-refractivity contribution < 1.29 is 14.4 Å². The van der Waals surface area contributed by atoms with Gasteiger partial charge in [0.1, 0.15) is 0 Å². The van der Waals surface area contributed by atoms with Crippen molar-refractivity contribution in [1.82, 2.24) is 15.5 Å². The first-order valence-corrected chi connectivity index (χ1v) is 12.7. The van der Waals surface area contributed by atoms with Crippen LogP contribution in [0.1, 0.15) is 52.1 Å². The van der Waals surface area contributed by atoms with E-state index in [-0.39, 0.29) is 36.3 Å². The Balaban J connectivity index is 1.27. The molecule has 0 saturated carbocycles. The van der Waals surface area contributed by atoms with Gasteiger partial charge in [0.05, 0.1) is 23.8 Å². The summed E-state index contributed by atoms with van der Waals surface area (Å²) in [5, 5.41) is 12.7. The minimum absolute atomic E-state index is 0.0427. The van der Waals surface area contributed by atoms with Crippen LogP contribution in [0.5, 0.6) is 0 Å². The maximum atomic E-state index is 12.9. The second kappa shape index (κ2) is 11.8. The Morgan fingerprint density at radius 2 is 1.69 bits per heavy atom. The Labute approximate surface area is 209 Å². The highest BCUT2D eigenvalue weighted by molar-refractivity contribution is 7.08. The van der Waals surface area contributed by atoms with Crippen molar-refractivity contribution in [2.45, 2.75) is 31.8 Å². The van der Waals surface area contributed by atoms with Gasteiger partial charge in [-0.1, -0.05) is 42.5 Å². The highest BCUT2D eigenvalue weighted by Gasteiger charge is 2.23. The van der Waals surface area contributed by atoms with Gasteiger partial charge in [-0.25, -0.2) is 0 Å². The molecule has 3 aromatic rings. The summed E-state index contributed by atoms with van der Waals surface area (Å²) in [4.78, 5) is 40.0. The van der Waals surface area contributed by atoms with Crippen LogP contribution in [0.2, 0.25) is 0 Å². The molecule has 0 spiro atoms. The number of carbonyl (C=O) groups is 3. The number of para-hydroxylation sites is 1. The Morgan fingerprint density at radius 3 is 2.40 bits per heavy atom. The van der Waals surface area contributed by atoms with Crippen molar-refractivity contribution in [3.05, 3.63) is 88.1 Å². The zero-order valence-corrected chi connectivity index (χ0v) is 20.5. The van der Waals surface area contributed by atoms with Gasteiger partial charge in [-0.3, -0.25) is 19.3 Å². The zero-order chi connectivity index (χ0) is 24.6. The van der Waals surface area contributed by atoms with Crippen LogP contribution in [-0.4, -0.2) is 48.3 Å². The highest BCUT2D eigenvalue weighted by atomic mass is 32.1. The molecular weight excluding hydrogens is 460 g/mol. The Kier molecular flexibility index (Phi) is 8.28. The summed E-state index contributed by atoms with van der Waals surface area (Å²) >= 11 is 1.50. The molecule has 0 aliphatic carbocycles. The van der Waals surface area contributed by atoms with Crippen LogP contribution in [-0.2, 0) is 4.79 Å². The van der Waals surface area contributed by atoms with Crippen LogP contribution in [0.4, 0.5) is 5.69 Å². The lowest BCUT2D eigenvalue weighted by Gasteiger charge is -2.31. The second-order valence-electron chi connectivity index (χ2n) is 8.74. The summed E-state index contributed by atoms with van der Waals surface area (Å²) in [5.41, 5.74) is 2.63. The highest BCUT2D eigenvalue weighted by Crippen LogP contribution is 2.19. The number of nitrogens with one attached hydrogen (secondary N) is 3. The topological polar surface area (TPSA) is 90.5 Å². The molecule has 7 nitrogen and oxygen atoms in total. The van der Waals surface area contributed by atoms with Gasteiger partial charge < -0.3 is 16.0 Å². The molecule has 0 radical (unpaired) electrons. The Bertz CT molecular complexity index is 1140. The monoisotopic (exact) mass is 490 g/mol. The van der Waals surface area contributed by atoms with E-state index in [0.29, 0.717) is 16.8 Å². The molecular formula is C27H30N4O3S. The number of thiophene rings is 1. The number of rotatable bonds is 8. The van der Waals surface area contributed by atoms with Crippen molar-refractivity contribution in [1.29, 1.82) is 0 Å². The third-order valence-corrected chi connectivity index (χ3v) is 6.85. The first-order valence-electron chi connectivity index (χ1n) is 11.8. The van der Waals surface area contributed by atoms with Crippen LogP contribution < -0.4 is 16.0 Å². The first-order chi connectivity index (χ1) is 17.0. The number of piperidine rings is 1. The minimum Gasteiger partial charge on any atom is -0.349 e. The van der Waals surface area contributed by atoms with Crippen LogP contribution in [0, 0.1) is 0 Å². The van der Waals surface area contributed by atoms with Crippen LogP contribution in [0.15, 0.2) is 71.4 Å². The van der Waals surface area contributed by atoms with Crippen molar-refractivity contribution >= 4 is 34.7 Å². The van der Waals surface area contributed by atoms with Gasteiger partial charge in [0, 0.05) is 30.1 Å². The summed E-state index contributed by atoms with van der Waals surface area (Å²) in [5.74, 6) is -0.444. The quantitative estimate of drug-likeness (QED) is 0.444. The predicted octanol–water partition coefficient (Wildman–Crippen LogP) is 4.07. The van der Waals surface area contributed by atoms with Crippen LogP contribution in [0.3, 0.4) is 0 Å². The molecule has 1 fully saturated rings. The summed E-state index contributed by atoms with van der Waals surface area (Å²) in [6.07, 6.45) is 1.58. The number of hydrogen-bond donors (Lipinski definition) is 3. The molecule has 3 amide bonds. The molecule has 1 aliphatic rings. The van der Waals surface area contributed by atoms with Gasteiger partial charge in [0.25, 0.3) is 11.8 Å². The molecule has 4 rings (SSSR count). The normalized spacial score (nSPS) is 15.2. The fourth-order valence-corrected chi connectivity index (χ4v) is 4.82. The van der Waals surface area contributed by atoms with E-state index in [2.05, 4.69) is 20.9 Å². The predicted molar refractivity (Wildman–Crippen MR) is 139 cm³/mol. The largest absolute Gasteiger partial charge is 0.349 e. The molecule has 2 heterocycles. The van der Waals surface area contributed by atoms with Gasteiger partial charge in [0.2, 0.25) is 5.91 Å². The number of anilines is 1. The molecule has 182 valence electrons. The van der Waals surface area contributed by atoms with Gasteiger partial charge in [-0.05, 0) is 48.9 Å². The van der Waals surface area contributed by atoms with Gasteiger partial charge in [0.15, 0.2) is 0 Å². The molecule has 1 aliphatic heterocycles. The van der Waals surface area contributed by atoms with E-state index in [0.717, 1.165) is 31.5 Å². The van der Waals surface area contributed by atoms with E-state index < -0.39 is 0 Å². The lowest BCUT2D eigenvalue weighted by atomic mass is 10.0. The number of carbonyl (C=O) groups excluding carboxylic acids is 3. The molecule has 0 bridgehead atoms. The molecule has 1 saturated heterocycles. The third-order valence-electron chi connectivity index (χ3n) is 6.17. The van der Waals surface area contributed by atoms with Gasteiger partial charge >= 0.3 is 0 Å². The first kappa shape index (κ1) is 24.6. The summed E-state index contributed by atoms with van der Waals surface area (Å²) in [7, 11) is 0. The molecule has 2 aromatic carbocycles. The Hall–Kier alpha value is -3.49. The lowest BCUT2D eigenvalue weighted by Crippen LogP contribution is -2.46. The molecule has 1 unspecified atom stereocenters. The molecule has 35 heavy (non-hydrogen) atoms. The van der Waals surface area contributed by atoms with Crippen LogP contribution in [0.25, 0.3) is 0 Å². The zero-order valence-electron chi connectivity index (χ0n) is 19.7. The standard InChI is InChI=1S/C27H30N4O3S/c1-19(20-7-3-2-4-8-20)28-27(34)23-9-5-6-10-24(23)30-25(32)17-31-14-11-22(12-15-31)29-26(33)21-13-16-35-18-21/h2-10,13,16,18-19,22H,11-12,14-15,17H2,1H3,(H,28,34)(H,29,33)(H,30,32). The maximum Gasteiger partial charge on any atom is 0.253 e.